The molecular formula is C12H18N2O. The summed E-state index contributed by atoms with van der Waals surface area (Å²) in [5.74, 6) is 0.0919. The topological polar surface area (TPSA) is 32.3 Å². The molecule has 0 saturated carbocycles. The second-order valence-electron chi connectivity index (χ2n) is 3.72. The van der Waals surface area contributed by atoms with Crippen LogP contribution in [0.5, 0.6) is 0 Å². The van der Waals surface area contributed by atoms with E-state index in [0.29, 0.717) is 6.54 Å². The minimum Gasteiger partial charge on any atom is -0.342 e. The molecule has 1 aromatic rings. The van der Waals surface area contributed by atoms with Crippen molar-refractivity contribution in [1.82, 2.24) is 10.2 Å². The predicted molar refractivity (Wildman–Crippen MR) is 61.4 cm³/mol. The molecule has 3 heteroatoms. The van der Waals surface area contributed by atoms with Gasteiger partial charge in [0.25, 0.3) is 0 Å². The van der Waals surface area contributed by atoms with Gasteiger partial charge in [-0.1, -0.05) is 24.3 Å². The average Bonchev–Trinajstić information content (AvgIpc) is 2.21. The molecule has 0 saturated heterocycles. The van der Waals surface area contributed by atoms with E-state index in [2.05, 4.69) is 29.6 Å². The summed E-state index contributed by atoms with van der Waals surface area (Å²) in [5.41, 5.74) is 2.42. The zero-order valence-corrected chi connectivity index (χ0v) is 9.58. The standard InChI is InChI=1S/C12H18N2O/c1-10(15)14(3)9-12-6-4-11(5-7-12)8-13-2/h4-7,13H,8-9H2,1-3H3. The first-order valence-electron chi connectivity index (χ1n) is 5.07. The molecule has 0 unspecified atom stereocenters. The van der Waals surface area contributed by atoms with Crippen molar-refractivity contribution in [3.8, 4) is 0 Å². The summed E-state index contributed by atoms with van der Waals surface area (Å²) >= 11 is 0. The second-order valence-corrected chi connectivity index (χ2v) is 3.72. The van der Waals surface area contributed by atoms with E-state index in [-0.39, 0.29) is 5.91 Å². The fourth-order valence-corrected chi connectivity index (χ4v) is 1.35. The summed E-state index contributed by atoms with van der Waals surface area (Å²) in [7, 11) is 3.74. The first kappa shape index (κ1) is 11.7. The highest BCUT2D eigenvalue weighted by Crippen LogP contribution is 2.06. The Kier molecular flexibility index (Phi) is 4.31. The van der Waals surface area contributed by atoms with Crippen molar-refractivity contribution in [2.45, 2.75) is 20.0 Å². The summed E-state index contributed by atoms with van der Waals surface area (Å²) < 4.78 is 0. The van der Waals surface area contributed by atoms with E-state index < -0.39 is 0 Å². The maximum Gasteiger partial charge on any atom is 0.219 e. The molecule has 0 heterocycles. The zero-order chi connectivity index (χ0) is 11.3. The van der Waals surface area contributed by atoms with Crippen LogP contribution in [0.25, 0.3) is 0 Å². The number of rotatable bonds is 4. The lowest BCUT2D eigenvalue weighted by Crippen LogP contribution is -2.22. The highest BCUT2D eigenvalue weighted by atomic mass is 16.2. The van der Waals surface area contributed by atoms with E-state index in [4.69, 9.17) is 0 Å². The summed E-state index contributed by atoms with van der Waals surface area (Å²) in [4.78, 5) is 12.7. The van der Waals surface area contributed by atoms with Gasteiger partial charge in [0.05, 0.1) is 0 Å². The third-order valence-electron chi connectivity index (χ3n) is 2.36. The van der Waals surface area contributed by atoms with Crippen LogP contribution in [0.2, 0.25) is 0 Å². The smallest absolute Gasteiger partial charge is 0.219 e. The highest BCUT2D eigenvalue weighted by molar-refractivity contribution is 5.72. The third kappa shape index (κ3) is 3.72. The van der Waals surface area contributed by atoms with Crippen molar-refractivity contribution in [1.29, 1.82) is 0 Å². The number of benzene rings is 1. The fourth-order valence-electron chi connectivity index (χ4n) is 1.35. The second kappa shape index (κ2) is 5.51. The quantitative estimate of drug-likeness (QED) is 0.807. The molecule has 0 aliphatic carbocycles. The van der Waals surface area contributed by atoms with Gasteiger partial charge in [-0.25, -0.2) is 0 Å². The van der Waals surface area contributed by atoms with Gasteiger partial charge in [0, 0.05) is 27.1 Å². The van der Waals surface area contributed by atoms with Crippen molar-refractivity contribution >= 4 is 5.91 Å². The lowest BCUT2D eigenvalue weighted by molar-refractivity contribution is -0.128. The molecule has 0 radical (unpaired) electrons. The van der Waals surface area contributed by atoms with Gasteiger partial charge in [0.1, 0.15) is 0 Å². The van der Waals surface area contributed by atoms with Crippen molar-refractivity contribution in [2.24, 2.45) is 0 Å². The lowest BCUT2D eigenvalue weighted by Gasteiger charge is -2.14. The average molecular weight is 206 g/mol. The molecule has 15 heavy (non-hydrogen) atoms. The Bertz CT molecular complexity index is 319. The van der Waals surface area contributed by atoms with Gasteiger partial charge in [-0.15, -0.1) is 0 Å². The maximum atomic E-state index is 11.0. The number of nitrogens with one attached hydrogen (secondary N) is 1. The third-order valence-corrected chi connectivity index (χ3v) is 2.36. The Morgan fingerprint density at radius 2 is 1.80 bits per heavy atom. The Morgan fingerprint density at radius 1 is 1.27 bits per heavy atom. The molecule has 1 aromatic carbocycles. The van der Waals surface area contributed by atoms with Crippen LogP contribution in [0.3, 0.4) is 0 Å². The summed E-state index contributed by atoms with van der Waals surface area (Å²) in [6.45, 7) is 3.13. The zero-order valence-electron chi connectivity index (χ0n) is 9.58. The summed E-state index contributed by atoms with van der Waals surface area (Å²) in [6, 6.07) is 8.29. The van der Waals surface area contributed by atoms with E-state index in [1.54, 1.807) is 11.8 Å². The van der Waals surface area contributed by atoms with Gasteiger partial charge in [0.2, 0.25) is 5.91 Å². The number of amides is 1. The van der Waals surface area contributed by atoms with Crippen LogP contribution in [0.15, 0.2) is 24.3 Å². The van der Waals surface area contributed by atoms with E-state index in [9.17, 15) is 4.79 Å². The van der Waals surface area contributed by atoms with Crippen molar-refractivity contribution < 1.29 is 4.79 Å². The summed E-state index contributed by atoms with van der Waals surface area (Å²) in [6.07, 6.45) is 0. The van der Waals surface area contributed by atoms with E-state index >= 15 is 0 Å². The van der Waals surface area contributed by atoms with Gasteiger partial charge >= 0.3 is 0 Å². The van der Waals surface area contributed by atoms with Gasteiger partial charge in [-0.3, -0.25) is 4.79 Å². The maximum absolute atomic E-state index is 11.0. The molecule has 0 spiro atoms. The molecule has 0 aliphatic heterocycles. The van der Waals surface area contributed by atoms with Crippen LogP contribution in [0, 0.1) is 0 Å². The van der Waals surface area contributed by atoms with Crippen LogP contribution < -0.4 is 5.32 Å². The molecule has 0 atom stereocenters. The minimum atomic E-state index is 0.0919. The predicted octanol–water partition coefficient (Wildman–Crippen LogP) is 1.38. The first-order valence-corrected chi connectivity index (χ1v) is 5.07. The normalized spacial score (nSPS) is 10.1. The number of carbonyl (C=O) groups is 1. The molecule has 82 valence electrons. The van der Waals surface area contributed by atoms with E-state index in [1.807, 2.05) is 14.1 Å². The Hall–Kier alpha value is -1.35. The van der Waals surface area contributed by atoms with E-state index in [1.165, 1.54) is 5.56 Å². The van der Waals surface area contributed by atoms with Gasteiger partial charge in [-0.2, -0.15) is 0 Å². The largest absolute Gasteiger partial charge is 0.342 e. The minimum absolute atomic E-state index is 0.0919. The molecule has 1 N–H and O–H groups in total. The van der Waals surface area contributed by atoms with Gasteiger partial charge in [0.15, 0.2) is 0 Å². The molecule has 0 fully saturated rings. The van der Waals surface area contributed by atoms with Crippen LogP contribution in [-0.4, -0.2) is 24.9 Å². The highest BCUT2D eigenvalue weighted by Gasteiger charge is 2.02. The van der Waals surface area contributed by atoms with Crippen LogP contribution in [0.4, 0.5) is 0 Å². The lowest BCUT2D eigenvalue weighted by atomic mass is 10.1. The molecule has 0 aliphatic rings. The molecule has 1 rings (SSSR count). The molecule has 3 nitrogen and oxygen atoms in total. The van der Waals surface area contributed by atoms with Crippen molar-refractivity contribution in [3.05, 3.63) is 35.4 Å². The Morgan fingerprint density at radius 3 is 2.27 bits per heavy atom. The molecule has 1 amide bonds. The monoisotopic (exact) mass is 206 g/mol. The Labute approximate surface area is 91.1 Å². The van der Waals surface area contributed by atoms with Crippen molar-refractivity contribution in [2.75, 3.05) is 14.1 Å². The number of carbonyl (C=O) groups excluding carboxylic acids is 1. The molecule has 0 bridgehead atoms. The number of hydrogen-bond donors (Lipinski definition) is 1. The SMILES string of the molecule is CNCc1ccc(CN(C)C(C)=O)cc1. The first-order chi connectivity index (χ1) is 7.13. The molecular weight excluding hydrogens is 188 g/mol. The van der Waals surface area contributed by atoms with Crippen LogP contribution >= 0.6 is 0 Å². The van der Waals surface area contributed by atoms with Crippen LogP contribution in [-0.2, 0) is 17.9 Å². The fraction of sp³-hybridized carbons (Fsp3) is 0.417. The van der Waals surface area contributed by atoms with Crippen molar-refractivity contribution in [3.63, 3.8) is 0 Å². The van der Waals surface area contributed by atoms with Gasteiger partial charge in [-0.05, 0) is 18.2 Å². The van der Waals surface area contributed by atoms with E-state index in [0.717, 1.165) is 12.1 Å². The number of hydrogen-bond acceptors (Lipinski definition) is 2. The van der Waals surface area contributed by atoms with Gasteiger partial charge < -0.3 is 10.2 Å². The number of nitrogens with zero attached hydrogens (tertiary/aromatic N) is 1. The Balaban J connectivity index is 2.60. The molecule has 0 aromatic heterocycles. The van der Waals surface area contributed by atoms with Crippen LogP contribution in [0.1, 0.15) is 18.1 Å². The summed E-state index contributed by atoms with van der Waals surface area (Å²) in [5, 5.41) is 3.10.